The fraction of sp³-hybridized carbons (Fsp3) is 0.500. The van der Waals surface area contributed by atoms with Crippen molar-refractivity contribution in [3.63, 3.8) is 0 Å². The molecule has 0 radical (unpaired) electrons. The first-order valence-electron chi connectivity index (χ1n) is 4.13. The molecule has 0 amide bonds. The Morgan fingerprint density at radius 2 is 2.00 bits per heavy atom. The molecule has 0 aliphatic rings. The van der Waals surface area contributed by atoms with E-state index >= 15 is 0 Å². The number of rotatable bonds is 5. The minimum absolute atomic E-state index is 0.0934. The number of nitrogens with two attached hydrogens (primary N) is 1. The van der Waals surface area contributed by atoms with Gasteiger partial charge in [0.1, 0.15) is 0 Å². The lowest BCUT2D eigenvalue weighted by Crippen LogP contribution is -2.22. The zero-order valence-corrected chi connectivity index (χ0v) is 8.30. The fourth-order valence-electron chi connectivity index (χ4n) is 1.06. The highest BCUT2D eigenvalue weighted by molar-refractivity contribution is 5.87. The first-order valence-corrected chi connectivity index (χ1v) is 4.13. The van der Waals surface area contributed by atoms with E-state index in [1.807, 2.05) is 6.92 Å². The zero-order valence-electron chi connectivity index (χ0n) is 8.30. The third-order valence-electron chi connectivity index (χ3n) is 1.59. The number of ether oxygens (including phenoxy) is 1. The molecule has 0 aromatic heterocycles. The lowest BCUT2D eigenvalue weighted by Gasteiger charge is -2.11. The molecule has 1 atom stereocenters. The number of methoxy groups -OCH3 is 1. The maximum atomic E-state index is 10.9. The highest BCUT2D eigenvalue weighted by Crippen LogP contribution is 2.09. The molecule has 0 aliphatic carbocycles. The molecule has 13 heavy (non-hydrogen) atoms. The molecule has 1 unspecified atom stereocenters. The Kier molecular flexibility index (Phi) is 5.07. The van der Waals surface area contributed by atoms with Gasteiger partial charge < -0.3 is 10.5 Å². The highest BCUT2D eigenvalue weighted by atomic mass is 16.5. The second kappa shape index (κ2) is 5.54. The van der Waals surface area contributed by atoms with Crippen molar-refractivity contribution in [1.29, 1.82) is 0 Å². The Morgan fingerprint density at radius 3 is 2.38 bits per heavy atom. The molecule has 0 saturated carbocycles. The molecule has 0 heterocycles. The van der Waals surface area contributed by atoms with E-state index in [-0.39, 0.29) is 6.04 Å². The summed E-state index contributed by atoms with van der Waals surface area (Å²) in [4.78, 5) is 10.9. The summed E-state index contributed by atoms with van der Waals surface area (Å²) >= 11 is 0. The normalized spacial score (nSPS) is 11.9. The van der Waals surface area contributed by atoms with Crippen LogP contribution >= 0.6 is 0 Å². The highest BCUT2D eigenvalue weighted by Gasteiger charge is 2.11. The standard InChI is InChI=1S/C10H17NO2/c1-7(2)5-9(11)6-8(3)10(12)13-4/h9H,1,3,5-6,11H2,2,4H3. The van der Waals surface area contributed by atoms with E-state index in [4.69, 9.17) is 5.73 Å². The molecule has 0 aromatic rings. The number of hydrogen-bond acceptors (Lipinski definition) is 3. The van der Waals surface area contributed by atoms with Crippen molar-refractivity contribution >= 4 is 5.97 Å². The number of carbonyl (C=O) groups is 1. The van der Waals surface area contributed by atoms with Crippen LogP contribution in [0, 0.1) is 0 Å². The largest absolute Gasteiger partial charge is 0.466 e. The molecule has 0 aliphatic heterocycles. The Hall–Kier alpha value is -1.09. The number of carbonyl (C=O) groups excluding carboxylic acids is 1. The van der Waals surface area contributed by atoms with Gasteiger partial charge in [0.2, 0.25) is 0 Å². The average Bonchev–Trinajstić information content (AvgIpc) is 2.01. The molecule has 0 rings (SSSR count). The van der Waals surface area contributed by atoms with Gasteiger partial charge in [0.25, 0.3) is 0 Å². The van der Waals surface area contributed by atoms with Crippen molar-refractivity contribution in [3.8, 4) is 0 Å². The molecule has 74 valence electrons. The van der Waals surface area contributed by atoms with Gasteiger partial charge in [-0.05, 0) is 19.8 Å². The van der Waals surface area contributed by atoms with E-state index in [0.29, 0.717) is 18.4 Å². The second-order valence-electron chi connectivity index (χ2n) is 3.22. The van der Waals surface area contributed by atoms with Gasteiger partial charge in [-0.2, -0.15) is 0 Å². The van der Waals surface area contributed by atoms with Crippen molar-refractivity contribution in [2.24, 2.45) is 5.73 Å². The molecular weight excluding hydrogens is 166 g/mol. The summed E-state index contributed by atoms with van der Waals surface area (Å²) in [6, 6.07) is -0.0934. The predicted molar refractivity (Wildman–Crippen MR) is 53.2 cm³/mol. The molecule has 0 bridgehead atoms. The van der Waals surface area contributed by atoms with E-state index in [2.05, 4.69) is 17.9 Å². The number of hydrogen-bond donors (Lipinski definition) is 1. The van der Waals surface area contributed by atoms with Gasteiger partial charge in [-0.1, -0.05) is 12.2 Å². The third kappa shape index (κ3) is 5.20. The van der Waals surface area contributed by atoms with Gasteiger partial charge in [-0.15, -0.1) is 6.58 Å². The van der Waals surface area contributed by atoms with Crippen LogP contribution < -0.4 is 5.73 Å². The first-order chi connectivity index (χ1) is 5.97. The van der Waals surface area contributed by atoms with Crippen LogP contribution in [0.4, 0.5) is 0 Å². The molecule has 3 heteroatoms. The predicted octanol–water partition coefficient (Wildman–Crippen LogP) is 1.40. The Morgan fingerprint density at radius 1 is 1.46 bits per heavy atom. The van der Waals surface area contributed by atoms with Gasteiger partial charge in [-0.25, -0.2) is 4.79 Å². The van der Waals surface area contributed by atoms with Crippen LogP contribution in [-0.4, -0.2) is 19.1 Å². The van der Waals surface area contributed by atoms with Gasteiger partial charge in [-0.3, -0.25) is 0 Å². The Bertz CT molecular complexity index is 221. The van der Waals surface area contributed by atoms with Crippen LogP contribution in [0.25, 0.3) is 0 Å². The van der Waals surface area contributed by atoms with E-state index in [1.54, 1.807) is 0 Å². The molecular formula is C10H17NO2. The lowest BCUT2D eigenvalue weighted by molar-refractivity contribution is -0.136. The first kappa shape index (κ1) is 11.9. The number of esters is 1. The smallest absolute Gasteiger partial charge is 0.333 e. The van der Waals surface area contributed by atoms with Crippen LogP contribution in [0.1, 0.15) is 19.8 Å². The summed E-state index contributed by atoms with van der Waals surface area (Å²) in [6.45, 7) is 9.23. The van der Waals surface area contributed by atoms with Gasteiger partial charge in [0.15, 0.2) is 0 Å². The van der Waals surface area contributed by atoms with E-state index < -0.39 is 5.97 Å². The summed E-state index contributed by atoms with van der Waals surface area (Å²) < 4.78 is 4.50. The second-order valence-corrected chi connectivity index (χ2v) is 3.22. The van der Waals surface area contributed by atoms with Gasteiger partial charge in [0, 0.05) is 11.6 Å². The SMILES string of the molecule is C=C(C)CC(N)CC(=C)C(=O)OC. The fourth-order valence-corrected chi connectivity index (χ4v) is 1.06. The molecule has 0 saturated heterocycles. The van der Waals surface area contributed by atoms with Crippen LogP contribution in [-0.2, 0) is 9.53 Å². The van der Waals surface area contributed by atoms with Crippen molar-refractivity contribution in [3.05, 3.63) is 24.3 Å². The molecule has 2 N–H and O–H groups in total. The van der Waals surface area contributed by atoms with Crippen molar-refractivity contribution < 1.29 is 9.53 Å². The van der Waals surface area contributed by atoms with Crippen LogP contribution in [0.2, 0.25) is 0 Å². The third-order valence-corrected chi connectivity index (χ3v) is 1.59. The molecule has 3 nitrogen and oxygen atoms in total. The minimum Gasteiger partial charge on any atom is -0.466 e. The summed E-state index contributed by atoms with van der Waals surface area (Å²) in [5.41, 5.74) is 7.16. The van der Waals surface area contributed by atoms with Gasteiger partial charge in [0.05, 0.1) is 7.11 Å². The molecule has 0 fully saturated rings. The van der Waals surface area contributed by atoms with Gasteiger partial charge >= 0.3 is 5.97 Å². The maximum absolute atomic E-state index is 10.9. The Balaban J connectivity index is 3.91. The lowest BCUT2D eigenvalue weighted by atomic mass is 10.0. The van der Waals surface area contributed by atoms with E-state index in [9.17, 15) is 4.79 Å². The summed E-state index contributed by atoms with van der Waals surface area (Å²) in [5, 5.41) is 0. The van der Waals surface area contributed by atoms with Crippen molar-refractivity contribution in [1.82, 2.24) is 0 Å². The Labute approximate surface area is 79.3 Å². The minimum atomic E-state index is -0.392. The summed E-state index contributed by atoms with van der Waals surface area (Å²) in [5.74, 6) is -0.392. The van der Waals surface area contributed by atoms with Crippen LogP contribution in [0.5, 0.6) is 0 Å². The topological polar surface area (TPSA) is 52.3 Å². The van der Waals surface area contributed by atoms with Crippen molar-refractivity contribution in [2.75, 3.05) is 7.11 Å². The molecule has 0 aromatic carbocycles. The van der Waals surface area contributed by atoms with E-state index in [0.717, 1.165) is 5.57 Å². The summed E-state index contributed by atoms with van der Waals surface area (Å²) in [7, 11) is 1.33. The zero-order chi connectivity index (χ0) is 10.4. The van der Waals surface area contributed by atoms with Crippen molar-refractivity contribution in [2.45, 2.75) is 25.8 Å². The summed E-state index contributed by atoms with van der Waals surface area (Å²) in [6.07, 6.45) is 1.16. The van der Waals surface area contributed by atoms with Crippen LogP contribution in [0.3, 0.4) is 0 Å². The average molecular weight is 183 g/mol. The monoisotopic (exact) mass is 183 g/mol. The maximum Gasteiger partial charge on any atom is 0.333 e. The quantitative estimate of drug-likeness (QED) is 0.398. The van der Waals surface area contributed by atoms with Crippen LogP contribution in [0.15, 0.2) is 24.3 Å². The molecule has 0 spiro atoms. The van der Waals surface area contributed by atoms with E-state index in [1.165, 1.54) is 7.11 Å².